The number of aromatic nitrogens is 1. The first-order valence-electron chi connectivity index (χ1n) is 6.13. The quantitative estimate of drug-likeness (QED) is 0.823. The molecule has 2 heteroatoms. The second-order valence-electron chi connectivity index (χ2n) is 4.77. The normalized spacial score (nSPS) is 11.1. The molecule has 0 bridgehead atoms. The van der Waals surface area contributed by atoms with E-state index >= 15 is 0 Å². The predicted octanol–water partition coefficient (Wildman–Crippen LogP) is 3.49. The lowest BCUT2D eigenvalue weighted by Crippen LogP contribution is -2.21. The fraction of sp³-hybridized carbons (Fsp3) is 0.333. The van der Waals surface area contributed by atoms with Crippen LogP contribution in [-0.2, 0) is 6.54 Å². The Bertz CT molecular complexity index is 470. The van der Waals surface area contributed by atoms with Gasteiger partial charge in [0.05, 0.1) is 0 Å². The number of benzene rings is 1. The molecule has 0 spiro atoms. The molecule has 2 nitrogen and oxygen atoms in total. The topological polar surface area (TPSA) is 27.8 Å². The van der Waals surface area contributed by atoms with Gasteiger partial charge < -0.3 is 10.3 Å². The summed E-state index contributed by atoms with van der Waals surface area (Å²) in [7, 11) is 0. The molecule has 17 heavy (non-hydrogen) atoms. The van der Waals surface area contributed by atoms with Crippen LogP contribution in [0.5, 0.6) is 0 Å². The van der Waals surface area contributed by atoms with Crippen molar-refractivity contribution in [2.24, 2.45) is 0 Å². The van der Waals surface area contributed by atoms with Crippen LogP contribution in [0.15, 0.2) is 36.5 Å². The van der Waals surface area contributed by atoms with Gasteiger partial charge in [0.1, 0.15) is 0 Å². The summed E-state index contributed by atoms with van der Waals surface area (Å²) < 4.78 is 0. The van der Waals surface area contributed by atoms with Gasteiger partial charge in [0.15, 0.2) is 0 Å². The number of aryl methyl sites for hydroxylation is 1. The first-order chi connectivity index (χ1) is 8.16. The van der Waals surface area contributed by atoms with Crippen molar-refractivity contribution in [2.45, 2.75) is 33.4 Å². The summed E-state index contributed by atoms with van der Waals surface area (Å²) in [6, 6.07) is 11.3. The van der Waals surface area contributed by atoms with E-state index in [9.17, 15) is 0 Å². The zero-order chi connectivity index (χ0) is 12.3. The third-order valence-corrected chi connectivity index (χ3v) is 2.89. The lowest BCUT2D eigenvalue weighted by Gasteiger charge is -2.10. The van der Waals surface area contributed by atoms with Gasteiger partial charge in [-0.3, -0.25) is 0 Å². The van der Waals surface area contributed by atoms with Gasteiger partial charge in [0, 0.05) is 30.0 Å². The third-order valence-electron chi connectivity index (χ3n) is 2.89. The first kappa shape index (κ1) is 11.9. The summed E-state index contributed by atoms with van der Waals surface area (Å²) in [6.07, 6.45) is 1.96. The summed E-state index contributed by atoms with van der Waals surface area (Å²) in [6.45, 7) is 7.43. The van der Waals surface area contributed by atoms with Crippen molar-refractivity contribution in [1.29, 1.82) is 0 Å². The van der Waals surface area contributed by atoms with E-state index in [1.54, 1.807) is 0 Å². The number of nitrogens with one attached hydrogen (secondary N) is 2. The van der Waals surface area contributed by atoms with Crippen LogP contribution >= 0.6 is 0 Å². The van der Waals surface area contributed by atoms with E-state index in [2.05, 4.69) is 55.3 Å². The van der Waals surface area contributed by atoms with E-state index in [1.165, 1.54) is 22.4 Å². The van der Waals surface area contributed by atoms with Crippen LogP contribution < -0.4 is 5.32 Å². The third kappa shape index (κ3) is 2.98. The van der Waals surface area contributed by atoms with Gasteiger partial charge >= 0.3 is 0 Å². The summed E-state index contributed by atoms with van der Waals surface area (Å²) in [5.41, 5.74) is 5.12. The number of hydrogen-bond acceptors (Lipinski definition) is 1. The minimum atomic E-state index is 0.526. The van der Waals surface area contributed by atoms with Crippen molar-refractivity contribution in [3.63, 3.8) is 0 Å². The molecule has 2 rings (SSSR count). The number of H-pyrrole nitrogens is 1. The van der Waals surface area contributed by atoms with Gasteiger partial charge in [0.2, 0.25) is 0 Å². The van der Waals surface area contributed by atoms with E-state index in [0.717, 1.165) is 6.54 Å². The Morgan fingerprint density at radius 1 is 1.24 bits per heavy atom. The van der Waals surface area contributed by atoms with Crippen LogP contribution in [0.2, 0.25) is 0 Å². The molecule has 0 aliphatic carbocycles. The highest BCUT2D eigenvalue weighted by Gasteiger charge is 2.03. The smallest absolute Gasteiger partial charge is 0.0456 e. The van der Waals surface area contributed by atoms with Gasteiger partial charge in [-0.15, -0.1) is 0 Å². The van der Waals surface area contributed by atoms with Gasteiger partial charge in [-0.05, 0) is 30.2 Å². The molecular formula is C15H20N2. The minimum absolute atomic E-state index is 0.526. The van der Waals surface area contributed by atoms with Crippen molar-refractivity contribution < 1.29 is 0 Å². The van der Waals surface area contributed by atoms with Crippen LogP contribution in [0, 0.1) is 6.92 Å². The van der Waals surface area contributed by atoms with E-state index in [1.807, 2.05) is 12.3 Å². The molecule has 0 amide bonds. The summed E-state index contributed by atoms with van der Waals surface area (Å²) >= 11 is 0. The maximum Gasteiger partial charge on any atom is 0.0456 e. The fourth-order valence-electron chi connectivity index (χ4n) is 1.96. The summed E-state index contributed by atoms with van der Waals surface area (Å²) in [4.78, 5) is 3.25. The summed E-state index contributed by atoms with van der Waals surface area (Å²) in [5, 5.41) is 3.44. The standard InChI is InChI=1S/C15H20N2/c1-11(2)17-10-13-6-7-14(12(3)9-13)15-5-4-8-16-15/h4-9,11,16-17H,10H2,1-3H3. The fourth-order valence-corrected chi connectivity index (χ4v) is 1.96. The van der Waals surface area contributed by atoms with Crippen molar-refractivity contribution >= 4 is 0 Å². The van der Waals surface area contributed by atoms with Crippen molar-refractivity contribution in [3.05, 3.63) is 47.7 Å². The lowest BCUT2D eigenvalue weighted by molar-refractivity contribution is 0.589. The van der Waals surface area contributed by atoms with E-state index < -0.39 is 0 Å². The average molecular weight is 228 g/mol. The van der Waals surface area contributed by atoms with Crippen LogP contribution in [-0.4, -0.2) is 11.0 Å². The Balaban J connectivity index is 2.17. The van der Waals surface area contributed by atoms with Gasteiger partial charge in [-0.25, -0.2) is 0 Å². The largest absolute Gasteiger partial charge is 0.361 e. The lowest BCUT2D eigenvalue weighted by atomic mass is 10.0. The zero-order valence-corrected chi connectivity index (χ0v) is 10.7. The SMILES string of the molecule is Cc1cc(CNC(C)C)ccc1-c1ccc[nH]1. The number of hydrogen-bond donors (Lipinski definition) is 2. The Hall–Kier alpha value is -1.54. The molecule has 0 saturated heterocycles. The molecular weight excluding hydrogens is 208 g/mol. The molecule has 0 radical (unpaired) electrons. The molecule has 1 heterocycles. The van der Waals surface area contributed by atoms with Crippen LogP contribution in [0.3, 0.4) is 0 Å². The maximum absolute atomic E-state index is 3.44. The molecule has 1 aromatic carbocycles. The highest BCUT2D eigenvalue weighted by molar-refractivity contribution is 5.64. The van der Waals surface area contributed by atoms with Gasteiger partial charge in [-0.2, -0.15) is 0 Å². The highest BCUT2D eigenvalue weighted by atomic mass is 14.9. The van der Waals surface area contributed by atoms with Crippen LogP contribution in [0.4, 0.5) is 0 Å². The molecule has 2 N–H and O–H groups in total. The van der Waals surface area contributed by atoms with E-state index in [-0.39, 0.29) is 0 Å². The molecule has 0 saturated carbocycles. The Kier molecular flexibility index (Phi) is 3.64. The Labute approximate surface area is 103 Å². The minimum Gasteiger partial charge on any atom is -0.361 e. The monoisotopic (exact) mass is 228 g/mol. The second kappa shape index (κ2) is 5.19. The van der Waals surface area contributed by atoms with Gasteiger partial charge in [-0.1, -0.05) is 32.0 Å². The average Bonchev–Trinajstić information content (AvgIpc) is 2.79. The first-order valence-corrected chi connectivity index (χ1v) is 6.13. The van der Waals surface area contributed by atoms with Crippen molar-refractivity contribution in [3.8, 4) is 11.3 Å². The molecule has 0 aliphatic heterocycles. The van der Waals surface area contributed by atoms with E-state index in [0.29, 0.717) is 6.04 Å². The van der Waals surface area contributed by atoms with Crippen molar-refractivity contribution in [1.82, 2.24) is 10.3 Å². The van der Waals surface area contributed by atoms with Crippen LogP contribution in [0.25, 0.3) is 11.3 Å². The highest BCUT2D eigenvalue weighted by Crippen LogP contribution is 2.22. The molecule has 0 unspecified atom stereocenters. The van der Waals surface area contributed by atoms with E-state index in [4.69, 9.17) is 0 Å². The summed E-state index contributed by atoms with van der Waals surface area (Å²) in [5.74, 6) is 0. The zero-order valence-electron chi connectivity index (χ0n) is 10.7. The molecule has 2 aromatic rings. The Morgan fingerprint density at radius 2 is 2.06 bits per heavy atom. The number of aromatic amines is 1. The van der Waals surface area contributed by atoms with Crippen molar-refractivity contribution in [2.75, 3.05) is 0 Å². The number of rotatable bonds is 4. The molecule has 1 aromatic heterocycles. The molecule has 90 valence electrons. The molecule has 0 fully saturated rings. The van der Waals surface area contributed by atoms with Gasteiger partial charge in [0.25, 0.3) is 0 Å². The van der Waals surface area contributed by atoms with Crippen LogP contribution in [0.1, 0.15) is 25.0 Å². The predicted molar refractivity (Wildman–Crippen MR) is 72.9 cm³/mol. The maximum atomic E-state index is 3.44. The molecule has 0 atom stereocenters. The second-order valence-corrected chi connectivity index (χ2v) is 4.77. The Morgan fingerprint density at radius 3 is 2.65 bits per heavy atom. The molecule has 0 aliphatic rings.